The molecule has 118 valence electrons. The van der Waals surface area contributed by atoms with Gasteiger partial charge in [-0.1, -0.05) is 32.9 Å². The van der Waals surface area contributed by atoms with E-state index in [1.165, 1.54) is 31.2 Å². The third kappa shape index (κ3) is 5.91. The quantitative estimate of drug-likeness (QED) is 0.671. The molecule has 1 saturated carbocycles. The predicted octanol–water partition coefficient (Wildman–Crippen LogP) is 4.80. The Morgan fingerprint density at radius 3 is 2.52 bits per heavy atom. The summed E-state index contributed by atoms with van der Waals surface area (Å²) in [6, 6.07) is 9.15. The lowest BCUT2D eigenvalue weighted by Gasteiger charge is -2.21. The lowest BCUT2D eigenvalue weighted by molar-refractivity contribution is 0.303. The second-order valence-electron chi connectivity index (χ2n) is 5.95. The van der Waals surface area contributed by atoms with Gasteiger partial charge in [-0.05, 0) is 49.9 Å². The Kier molecular flexibility index (Phi) is 6.91. The fourth-order valence-electron chi connectivity index (χ4n) is 2.13. The summed E-state index contributed by atoms with van der Waals surface area (Å²) in [5.74, 6) is 2.16. The van der Waals surface area contributed by atoms with Crippen LogP contribution >= 0.6 is 11.8 Å². The molecular weight excluding hydrogens is 278 g/mol. The van der Waals surface area contributed by atoms with Gasteiger partial charge in [0.2, 0.25) is 0 Å². The first-order valence-electron chi connectivity index (χ1n) is 8.34. The molecule has 0 amide bonds. The van der Waals surface area contributed by atoms with Crippen molar-refractivity contribution in [3.63, 3.8) is 0 Å². The average molecular weight is 308 g/mol. The van der Waals surface area contributed by atoms with Gasteiger partial charge in [0.1, 0.15) is 5.75 Å². The maximum Gasteiger partial charge on any atom is 0.119 e. The van der Waals surface area contributed by atoms with Gasteiger partial charge in [0, 0.05) is 17.0 Å². The van der Waals surface area contributed by atoms with E-state index in [4.69, 9.17) is 4.74 Å². The summed E-state index contributed by atoms with van der Waals surface area (Å²) in [4.78, 5) is 0. The lowest BCUT2D eigenvalue weighted by Crippen LogP contribution is -2.24. The Bertz CT molecular complexity index is 402. The molecule has 2 atom stereocenters. The summed E-state index contributed by atoms with van der Waals surface area (Å²) in [6.07, 6.45) is 5.32. The summed E-state index contributed by atoms with van der Waals surface area (Å²) in [5, 5.41) is 4.41. The number of ether oxygens (including phenoxy) is 1. The number of thioether (sulfide) groups is 1. The van der Waals surface area contributed by atoms with Crippen LogP contribution in [-0.2, 0) is 0 Å². The maximum absolute atomic E-state index is 5.83. The summed E-state index contributed by atoms with van der Waals surface area (Å²) >= 11 is 2.06. The Labute approximate surface area is 134 Å². The molecule has 0 bridgehead atoms. The van der Waals surface area contributed by atoms with Gasteiger partial charge in [-0.2, -0.15) is 11.8 Å². The normalized spacial score (nSPS) is 17.5. The van der Waals surface area contributed by atoms with Crippen molar-refractivity contribution in [3.8, 4) is 5.75 Å². The van der Waals surface area contributed by atoms with Crippen molar-refractivity contribution in [2.24, 2.45) is 0 Å². The van der Waals surface area contributed by atoms with Crippen LogP contribution in [0.15, 0.2) is 24.3 Å². The molecule has 3 heteroatoms. The highest BCUT2D eigenvalue weighted by molar-refractivity contribution is 7.99. The second-order valence-corrected chi connectivity index (χ2v) is 7.42. The fourth-order valence-corrected chi connectivity index (χ4v) is 3.19. The van der Waals surface area contributed by atoms with Crippen molar-refractivity contribution in [1.82, 2.24) is 5.32 Å². The maximum atomic E-state index is 5.83. The van der Waals surface area contributed by atoms with E-state index < -0.39 is 0 Å². The molecule has 1 aliphatic carbocycles. The Morgan fingerprint density at radius 1 is 1.24 bits per heavy atom. The Hall–Kier alpha value is -0.670. The van der Waals surface area contributed by atoms with Crippen molar-refractivity contribution in [2.45, 2.75) is 63.9 Å². The predicted molar refractivity (Wildman–Crippen MR) is 93.3 cm³/mol. The zero-order valence-electron chi connectivity index (χ0n) is 13.6. The van der Waals surface area contributed by atoms with Crippen LogP contribution in [0, 0.1) is 0 Å². The van der Waals surface area contributed by atoms with E-state index in [1.54, 1.807) is 0 Å². The van der Waals surface area contributed by atoms with Crippen LogP contribution in [0.4, 0.5) is 0 Å². The van der Waals surface area contributed by atoms with E-state index in [0.717, 1.165) is 23.3 Å². The van der Waals surface area contributed by atoms with Crippen LogP contribution in [0.1, 0.15) is 58.1 Å². The van der Waals surface area contributed by atoms with E-state index >= 15 is 0 Å². The van der Waals surface area contributed by atoms with Gasteiger partial charge >= 0.3 is 0 Å². The highest BCUT2D eigenvalue weighted by atomic mass is 32.2. The molecule has 2 unspecified atom stereocenters. The molecule has 0 radical (unpaired) electrons. The Balaban J connectivity index is 1.93. The fraction of sp³-hybridized carbons (Fsp3) is 0.667. The van der Waals surface area contributed by atoms with Crippen molar-refractivity contribution < 1.29 is 4.74 Å². The van der Waals surface area contributed by atoms with E-state index in [9.17, 15) is 0 Å². The van der Waals surface area contributed by atoms with E-state index in [1.807, 2.05) is 0 Å². The van der Waals surface area contributed by atoms with E-state index in [-0.39, 0.29) is 0 Å². The number of rotatable bonds is 10. The zero-order valence-corrected chi connectivity index (χ0v) is 14.4. The summed E-state index contributed by atoms with van der Waals surface area (Å²) < 4.78 is 5.83. The van der Waals surface area contributed by atoms with Crippen molar-refractivity contribution in [1.29, 1.82) is 0 Å². The molecule has 1 aromatic carbocycles. The number of hydrogen-bond donors (Lipinski definition) is 1. The molecule has 0 aromatic heterocycles. The topological polar surface area (TPSA) is 21.3 Å². The molecule has 2 rings (SSSR count). The SMILES string of the molecule is CCCNC(CSC(C)CC)c1ccc(OC2CC2)cc1. The monoisotopic (exact) mass is 307 g/mol. The third-order valence-corrected chi connectivity index (χ3v) is 5.30. The van der Waals surface area contributed by atoms with Gasteiger partial charge < -0.3 is 10.1 Å². The summed E-state index contributed by atoms with van der Waals surface area (Å²) in [5.41, 5.74) is 1.38. The van der Waals surface area contributed by atoms with E-state index in [2.05, 4.69) is 62.1 Å². The molecule has 0 aliphatic heterocycles. The van der Waals surface area contributed by atoms with Crippen molar-refractivity contribution in [2.75, 3.05) is 12.3 Å². The minimum Gasteiger partial charge on any atom is -0.490 e. The summed E-state index contributed by atoms with van der Waals surface area (Å²) in [6.45, 7) is 7.87. The molecule has 1 N–H and O–H groups in total. The standard InChI is InChI=1S/C18H29NOS/c1-4-12-19-18(13-21-14(3)5-2)15-6-8-16(9-7-15)20-17-10-11-17/h6-9,14,17-19H,4-5,10-13H2,1-3H3. The molecule has 1 aliphatic rings. The number of hydrogen-bond acceptors (Lipinski definition) is 3. The second kappa shape index (κ2) is 8.70. The van der Waals surface area contributed by atoms with Gasteiger partial charge in [0.15, 0.2) is 0 Å². The molecule has 2 nitrogen and oxygen atoms in total. The van der Waals surface area contributed by atoms with Crippen LogP contribution in [0.25, 0.3) is 0 Å². The van der Waals surface area contributed by atoms with Crippen molar-refractivity contribution in [3.05, 3.63) is 29.8 Å². The molecule has 1 fully saturated rings. The smallest absolute Gasteiger partial charge is 0.119 e. The minimum atomic E-state index is 0.443. The Morgan fingerprint density at radius 2 is 1.95 bits per heavy atom. The van der Waals surface area contributed by atoms with Gasteiger partial charge in [0.25, 0.3) is 0 Å². The summed E-state index contributed by atoms with van der Waals surface area (Å²) in [7, 11) is 0. The zero-order chi connectivity index (χ0) is 15.1. The average Bonchev–Trinajstić information content (AvgIpc) is 3.32. The molecule has 21 heavy (non-hydrogen) atoms. The van der Waals surface area contributed by atoms with Crippen LogP contribution < -0.4 is 10.1 Å². The van der Waals surface area contributed by atoms with Gasteiger partial charge in [-0.3, -0.25) is 0 Å². The number of benzene rings is 1. The minimum absolute atomic E-state index is 0.443. The van der Waals surface area contributed by atoms with E-state index in [0.29, 0.717) is 12.1 Å². The highest BCUT2D eigenvalue weighted by Crippen LogP contribution is 2.28. The van der Waals surface area contributed by atoms with Gasteiger partial charge in [-0.15, -0.1) is 0 Å². The first kappa shape index (κ1) is 16.7. The molecule has 0 spiro atoms. The van der Waals surface area contributed by atoms with Crippen LogP contribution in [0.2, 0.25) is 0 Å². The number of nitrogens with one attached hydrogen (secondary N) is 1. The van der Waals surface area contributed by atoms with Crippen molar-refractivity contribution >= 4 is 11.8 Å². The lowest BCUT2D eigenvalue weighted by atomic mass is 10.1. The van der Waals surface area contributed by atoms with Gasteiger partial charge in [-0.25, -0.2) is 0 Å². The molecule has 0 heterocycles. The highest BCUT2D eigenvalue weighted by Gasteiger charge is 2.23. The van der Waals surface area contributed by atoms with Gasteiger partial charge in [0.05, 0.1) is 6.10 Å². The molecule has 1 aromatic rings. The first-order chi connectivity index (χ1) is 10.2. The molecular formula is C18H29NOS. The van der Waals surface area contributed by atoms with Crippen LogP contribution in [0.3, 0.4) is 0 Å². The van der Waals surface area contributed by atoms with Crippen LogP contribution in [-0.4, -0.2) is 23.7 Å². The third-order valence-electron chi connectivity index (χ3n) is 3.87. The first-order valence-corrected chi connectivity index (χ1v) is 9.39. The molecule has 0 saturated heterocycles. The van der Waals surface area contributed by atoms with Crippen LogP contribution in [0.5, 0.6) is 5.75 Å². The largest absolute Gasteiger partial charge is 0.490 e.